The van der Waals surface area contributed by atoms with E-state index in [2.05, 4.69) is 22.5 Å². The summed E-state index contributed by atoms with van der Waals surface area (Å²) in [5.74, 6) is 2.75. The average Bonchev–Trinajstić information content (AvgIpc) is 2.75. The third-order valence-electron chi connectivity index (χ3n) is 2.22. The number of guanidine groups is 1. The van der Waals surface area contributed by atoms with Crippen LogP contribution >= 0.6 is 0 Å². The zero-order valence-corrected chi connectivity index (χ0v) is 8.50. The third-order valence-corrected chi connectivity index (χ3v) is 2.22. The van der Waals surface area contributed by atoms with E-state index >= 15 is 0 Å². The van der Waals surface area contributed by atoms with Crippen LogP contribution in [0.4, 0.5) is 0 Å². The number of aliphatic imine (C=N–C) groups is 1. The molecule has 2 N–H and O–H groups in total. The van der Waals surface area contributed by atoms with Crippen LogP contribution in [-0.4, -0.2) is 19.0 Å². The van der Waals surface area contributed by atoms with Crippen molar-refractivity contribution in [3.05, 3.63) is 23.7 Å². The first kappa shape index (κ1) is 9.12. The highest BCUT2D eigenvalue weighted by molar-refractivity contribution is 5.81. The maximum Gasteiger partial charge on any atom is 0.191 e. The van der Waals surface area contributed by atoms with Crippen molar-refractivity contribution in [1.29, 1.82) is 0 Å². The molecule has 0 radical (unpaired) electrons. The Morgan fingerprint density at radius 1 is 1.57 bits per heavy atom. The highest BCUT2D eigenvalue weighted by atomic mass is 16.3. The van der Waals surface area contributed by atoms with E-state index in [-0.39, 0.29) is 6.04 Å². The summed E-state index contributed by atoms with van der Waals surface area (Å²) in [6.45, 7) is 5.78. The van der Waals surface area contributed by atoms with Gasteiger partial charge in [0.05, 0.1) is 12.6 Å². The second kappa shape index (κ2) is 3.74. The maximum atomic E-state index is 5.51. The van der Waals surface area contributed by atoms with Crippen molar-refractivity contribution in [2.24, 2.45) is 4.99 Å². The lowest BCUT2D eigenvalue weighted by Gasteiger charge is -2.12. The largest absolute Gasteiger partial charge is 0.464 e. The molecular formula is C10H15N3O. The van der Waals surface area contributed by atoms with Gasteiger partial charge in [0.25, 0.3) is 0 Å². The van der Waals surface area contributed by atoms with E-state index in [1.54, 1.807) is 0 Å². The summed E-state index contributed by atoms with van der Waals surface area (Å²) in [4.78, 5) is 4.26. The molecule has 2 rings (SSSR count). The lowest BCUT2D eigenvalue weighted by molar-refractivity contribution is 0.442. The Kier molecular flexibility index (Phi) is 2.43. The van der Waals surface area contributed by atoms with Gasteiger partial charge >= 0.3 is 0 Å². The topological polar surface area (TPSA) is 49.6 Å². The third kappa shape index (κ3) is 1.89. The Morgan fingerprint density at radius 3 is 3.00 bits per heavy atom. The van der Waals surface area contributed by atoms with Crippen molar-refractivity contribution in [1.82, 2.24) is 10.6 Å². The summed E-state index contributed by atoms with van der Waals surface area (Å²) in [5, 5.41) is 6.41. The van der Waals surface area contributed by atoms with E-state index in [1.807, 2.05) is 19.1 Å². The van der Waals surface area contributed by atoms with Crippen LogP contribution in [0.25, 0.3) is 0 Å². The summed E-state index contributed by atoms with van der Waals surface area (Å²) >= 11 is 0. The molecule has 4 nitrogen and oxygen atoms in total. The molecule has 1 aromatic heterocycles. The van der Waals surface area contributed by atoms with Crippen LogP contribution in [0.3, 0.4) is 0 Å². The maximum absolute atomic E-state index is 5.51. The molecule has 1 unspecified atom stereocenters. The summed E-state index contributed by atoms with van der Waals surface area (Å²) in [6, 6.07) is 4.12. The van der Waals surface area contributed by atoms with Crippen molar-refractivity contribution in [3.63, 3.8) is 0 Å². The second-order valence-electron chi connectivity index (χ2n) is 3.47. The van der Waals surface area contributed by atoms with Gasteiger partial charge < -0.3 is 15.1 Å². The van der Waals surface area contributed by atoms with Gasteiger partial charge in [-0.3, -0.25) is 4.99 Å². The minimum atomic E-state index is 0.160. The summed E-state index contributed by atoms with van der Waals surface area (Å²) in [7, 11) is 0. The molecule has 0 spiro atoms. The van der Waals surface area contributed by atoms with Gasteiger partial charge in [0.1, 0.15) is 11.5 Å². The normalized spacial score (nSPS) is 17.4. The Bertz CT molecular complexity index is 343. The van der Waals surface area contributed by atoms with Crippen LogP contribution in [0.15, 0.2) is 21.5 Å². The van der Waals surface area contributed by atoms with E-state index < -0.39 is 0 Å². The second-order valence-corrected chi connectivity index (χ2v) is 3.47. The van der Waals surface area contributed by atoms with Crippen LogP contribution in [0.1, 0.15) is 24.5 Å². The molecule has 0 bridgehead atoms. The first-order chi connectivity index (χ1) is 6.75. The number of rotatable bonds is 2. The number of hydrogen-bond donors (Lipinski definition) is 2. The monoisotopic (exact) mass is 193 g/mol. The molecule has 0 amide bonds. The fourth-order valence-corrected chi connectivity index (χ4v) is 1.46. The average molecular weight is 193 g/mol. The summed E-state index contributed by atoms with van der Waals surface area (Å²) in [6.07, 6.45) is 0. The standard InChI is InChI=1S/C10H15N3O/c1-7-3-4-9(14-7)8(2)13-10-11-5-6-12-10/h3-4,8H,5-6H2,1-2H3,(H2,11,12,13). The Balaban J connectivity index is 1.98. The van der Waals surface area contributed by atoms with Gasteiger partial charge in [0.15, 0.2) is 5.96 Å². The van der Waals surface area contributed by atoms with Gasteiger partial charge in [-0.2, -0.15) is 0 Å². The van der Waals surface area contributed by atoms with E-state index in [1.165, 1.54) is 0 Å². The van der Waals surface area contributed by atoms with Crippen LogP contribution < -0.4 is 10.6 Å². The molecule has 0 saturated carbocycles. The van der Waals surface area contributed by atoms with Crippen LogP contribution in [0, 0.1) is 6.92 Å². The van der Waals surface area contributed by atoms with Gasteiger partial charge in [0.2, 0.25) is 0 Å². The van der Waals surface area contributed by atoms with Gasteiger partial charge in [-0.1, -0.05) is 0 Å². The SMILES string of the molecule is Cc1ccc(C(C)NC2=NCCN2)o1. The molecule has 0 aromatic carbocycles. The minimum absolute atomic E-state index is 0.160. The number of nitrogens with one attached hydrogen (secondary N) is 2. The van der Waals surface area contributed by atoms with Gasteiger partial charge in [-0.25, -0.2) is 0 Å². The number of hydrogen-bond acceptors (Lipinski definition) is 4. The van der Waals surface area contributed by atoms with E-state index in [0.717, 1.165) is 30.6 Å². The van der Waals surface area contributed by atoms with Crippen molar-refractivity contribution < 1.29 is 4.42 Å². The van der Waals surface area contributed by atoms with Crippen molar-refractivity contribution in [3.8, 4) is 0 Å². The molecule has 0 fully saturated rings. The van der Waals surface area contributed by atoms with Gasteiger partial charge in [-0.15, -0.1) is 0 Å². The van der Waals surface area contributed by atoms with Gasteiger partial charge in [0, 0.05) is 6.54 Å². The molecule has 1 aromatic rings. The van der Waals surface area contributed by atoms with E-state index in [4.69, 9.17) is 4.42 Å². The zero-order chi connectivity index (χ0) is 9.97. The first-order valence-corrected chi connectivity index (χ1v) is 4.87. The Labute approximate surface area is 83.4 Å². The molecule has 0 aliphatic carbocycles. The van der Waals surface area contributed by atoms with E-state index in [9.17, 15) is 0 Å². The van der Waals surface area contributed by atoms with Gasteiger partial charge in [-0.05, 0) is 26.0 Å². The minimum Gasteiger partial charge on any atom is -0.464 e. The molecule has 2 heterocycles. The van der Waals surface area contributed by atoms with Crippen LogP contribution in [0.5, 0.6) is 0 Å². The van der Waals surface area contributed by atoms with Crippen LogP contribution in [-0.2, 0) is 0 Å². The fraction of sp³-hybridized carbons (Fsp3) is 0.500. The predicted molar refractivity (Wildman–Crippen MR) is 55.3 cm³/mol. The molecule has 1 aliphatic rings. The fourth-order valence-electron chi connectivity index (χ4n) is 1.46. The lowest BCUT2D eigenvalue weighted by Crippen LogP contribution is -2.35. The quantitative estimate of drug-likeness (QED) is 0.742. The van der Waals surface area contributed by atoms with Crippen molar-refractivity contribution >= 4 is 5.96 Å². The molecule has 1 aliphatic heterocycles. The summed E-state index contributed by atoms with van der Waals surface area (Å²) < 4.78 is 5.51. The Hall–Kier alpha value is -1.45. The lowest BCUT2D eigenvalue weighted by atomic mass is 10.2. The van der Waals surface area contributed by atoms with Crippen molar-refractivity contribution in [2.45, 2.75) is 19.9 Å². The highest BCUT2D eigenvalue weighted by Gasteiger charge is 2.12. The Morgan fingerprint density at radius 2 is 2.43 bits per heavy atom. The van der Waals surface area contributed by atoms with E-state index in [0.29, 0.717) is 0 Å². The smallest absolute Gasteiger partial charge is 0.191 e. The molecule has 76 valence electrons. The molecule has 0 saturated heterocycles. The molecule has 1 atom stereocenters. The van der Waals surface area contributed by atoms with Crippen molar-refractivity contribution in [2.75, 3.05) is 13.1 Å². The predicted octanol–water partition coefficient (Wildman–Crippen LogP) is 1.20. The molecule has 4 heteroatoms. The number of aryl methyl sites for hydroxylation is 1. The zero-order valence-electron chi connectivity index (χ0n) is 8.50. The molecular weight excluding hydrogens is 178 g/mol. The highest BCUT2D eigenvalue weighted by Crippen LogP contribution is 2.15. The first-order valence-electron chi connectivity index (χ1n) is 4.87. The number of furan rings is 1. The summed E-state index contributed by atoms with van der Waals surface area (Å²) in [5.41, 5.74) is 0. The molecule has 14 heavy (non-hydrogen) atoms. The van der Waals surface area contributed by atoms with Crippen LogP contribution in [0.2, 0.25) is 0 Å². The number of nitrogens with zero attached hydrogens (tertiary/aromatic N) is 1.